The third kappa shape index (κ3) is 1.65. The molecule has 0 aromatic carbocycles. The number of urea groups is 2. The van der Waals surface area contributed by atoms with E-state index in [1.165, 1.54) is 4.90 Å². The van der Waals surface area contributed by atoms with E-state index in [4.69, 9.17) is 0 Å². The Balaban J connectivity index is 2.00. The number of amides is 4. The van der Waals surface area contributed by atoms with Crippen LogP contribution in [0.2, 0.25) is 0 Å². The molecule has 8 nitrogen and oxygen atoms in total. The lowest BCUT2D eigenvalue weighted by Crippen LogP contribution is -2.45. The molecule has 2 heterocycles. The lowest BCUT2D eigenvalue weighted by Gasteiger charge is -2.20. The summed E-state index contributed by atoms with van der Waals surface area (Å²) in [5.41, 5.74) is 0. The lowest BCUT2D eigenvalue weighted by atomic mass is 10.3. The molecule has 2 atom stereocenters. The van der Waals surface area contributed by atoms with Gasteiger partial charge in [-0.3, -0.25) is 0 Å². The minimum absolute atomic E-state index is 0.0112. The molecule has 2 rings (SSSR count). The molecule has 8 heteroatoms. The Labute approximate surface area is 84.6 Å². The van der Waals surface area contributed by atoms with Gasteiger partial charge in [0.1, 0.15) is 12.3 Å². The quantitative estimate of drug-likeness (QED) is 0.467. The van der Waals surface area contributed by atoms with E-state index in [2.05, 4.69) is 16.0 Å². The van der Waals surface area contributed by atoms with E-state index in [-0.39, 0.29) is 19.0 Å². The number of hydrogen-bond acceptors (Lipinski definition) is 4. The van der Waals surface area contributed by atoms with Gasteiger partial charge in [-0.1, -0.05) is 0 Å². The first-order chi connectivity index (χ1) is 7.08. The zero-order valence-electron chi connectivity index (χ0n) is 7.65. The third-order valence-corrected chi connectivity index (χ3v) is 2.31. The molecule has 4 amide bonds. The van der Waals surface area contributed by atoms with Crippen LogP contribution in [0.1, 0.15) is 6.42 Å². The molecular formula is C7H9N4O4-. The molecule has 0 spiro atoms. The normalized spacial score (nSPS) is 28.1. The van der Waals surface area contributed by atoms with Crippen LogP contribution in [-0.4, -0.2) is 41.8 Å². The van der Waals surface area contributed by atoms with Crippen LogP contribution >= 0.6 is 0 Å². The average molecular weight is 213 g/mol. The number of nitrogens with zero attached hydrogens (tertiary/aromatic N) is 1. The fourth-order valence-corrected chi connectivity index (χ4v) is 1.65. The highest BCUT2D eigenvalue weighted by Crippen LogP contribution is 2.13. The Morgan fingerprint density at radius 2 is 2.07 bits per heavy atom. The fraction of sp³-hybridized carbons (Fsp3) is 0.571. The van der Waals surface area contributed by atoms with E-state index >= 15 is 0 Å². The molecule has 2 aliphatic heterocycles. The SMILES string of the molecule is O=C([O-])CCN1C(=O)N[C@@H]2NC(=O)N[C@H]21. The lowest BCUT2D eigenvalue weighted by molar-refractivity contribution is -0.305. The maximum atomic E-state index is 11.3. The predicted molar refractivity (Wildman–Crippen MR) is 44.1 cm³/mol. The van der Waals surface area contributed by atoms with Crippen LogP contribution in [0.15, 0.2) is 0 Å². The van der Waals surface area contributed by atoms with Gasteiger partial charge in [0, 0.05) is 18.9 Å². The summed E-state index contributed by atoms with van der Waals surface area (Å²) in [7, 11) is 0. The molecule has 3 N–H and O–H groups in total. The van der Waals surface area contributed by atoms with Crippen molar-refractivity contribution in [2.45, 2.75) is 18.8 Å². The van der Waals surface area contributed by atoms with Crippen LogP contribution in [0.3, 0.4) is 0 Å². The van der Waals surface area contributed by atoms with Crippen molar-refractivity contribution in [2.75, 3.05) is 6.54 Å². The number of aliphatic carboxylic acids is 1. The maximum absolute atomic E-state index is 11.3. The van der Waals surface area contributed by atoms with E-state index in [1.807, 2.05) is 0 Å². The fourth-order valence-electron chi connectivity index (χ4n) is 1.65. The van der Waals surface area contributed by atoms with Crippen molar-refractivity contribution in [3.63, 3.8) is 0 Å². The van der Waals surface area contributed by atoms with Gasteiger partial charge in [-0.2, -0.15) is 0 Å². The molecule has 2 fully saturated rings. The molecule has 0 aromatic heterocycles. The van der Waals surface area contributed by atoms with Crippen LogP contribution < -0.4 is 21.1 Å². The smallest absolute Gasteiger partial charge is 0.320 e. The van der Waals surface area contributed by atoms with Crippen molar-refractivity contribution in [3.8, 4) is 0 Å². The van der Waals surface area contributed by atoms with Crippen molar-refractivity contribution in [2.24, 2.45) is 0 Å². The highest BCUT2D eigenvalue weighted by molar-refractivity contribution is 5.85. The van der Waals surface area contributed by atoms with Gasteiger partial charge >= 0.3 is 12.1 Å². The van der Waals surface area contributed by atoms with Crippen molar-refractivity contribution in [1.82, 2.24) is 20.9 Å². The van der Waals surface area contributed by atoms with Gasteiger partial charge in [0.25, 0.3) is 0 Å². The number of rotatable bonds is 3. The van der Waals surface area contributed by atoms with Gasteiger partial charge in [-0.15, -0.1) is 0 Å². The first kappa shape index (κ1) is 9.56. The zero-order valence-corrected chi connectivity index (χ0v) is 7.65. The summed E-state index contributed by atoms with van der Waals surface area (Å²) < 4.78 is 0. The molecule has 2 saturated heterocycles. The zero-order chi connectivity index (χ0) is 11.0. The largest absolute Gasteiger partial charge is 0.550 e. The van der Waals surface area contributed by atoms with Crippen LogP contribution in [0.5, 0.6) is 0 Å². The molecule has 0 aromatic rings. The number of nitrogens with one attached hydrogen (secondary N) is 3. The van der Waals surface area contributed by atoms with Gasteiger partial charge in [0.05, 0.1) is 0 Å². The summed E-state index contributed by atoms with van der Waals surface area (Å²) in [6.07, 6.45) is -1.27. The van der Waals surface area contributed by atoms with Crippen molar-refractivity contribution in [1.29, 1.82) is 0 Å². The summed E-state index contributed by atoms with van der Waals surface area (Å²) in [4.78, 5) is 33.7. The number of fused-ring (bicyclic) bond motifs is 1. The standard InChI is InChI=1S/C7H10N4O4/c12-3(13)1-2-11-5-4(9-7(11)15)8-6(14)10-5/h4-5H,1-2H2,(H,9,15)(H,12,13)(H2,8,10,14)/p-1/t4-,5-/m0/s1. The van der Waals surface area contributed by atoms with E-state index in [0.29, 0.717) is 0 Å². The summed E-state index contributed by atoms with van der Waals surface area (Å²) in [6, 6.07) is -0.790. The molecule has 0 aliphatic carbocycles. The van der Waals surface area contributed by atoms with E-state index in [0.717, 1.165) is 0 Å². The molecule has 15 heavy (non-hydrogen) atoms. The molecule has 0 unspecified atom stereocenters. The number of carbonyl (C=O) groups is 3. The Morgan fingerprint density at radius 1 is 1.33 bits per heavy atom. The van der Waals surface area contributed by atoms with Crippen LogP contribution in [-0.2, 0) is 4.79 Å². The second-order valence-corrected chi connectivity index (χ2v) is 3.31. The second kappa shape index (κ2) is 3.30. The van der Waals surface area contributed by atoms with E-state index in [9.17, 15) is 19.5 Å². The van der Waals surface area contributed by atoms with Crippen LogP contribution in [0.25, 0.3) is 0 Å². The molecular weight excluding hydrogens is 204 g/mol. The minimum atomic E-state index is -1.23. The monoisotopic (exact) mass is 213 g/mol. The average Bonchev–Trinajstić information content (AvgIpc) is 2.57. The Bertz CT molecular complexity index is 331. The Morgan fingerprint density at radius 3 is 2.73 bits per heavy atom. The van der Waals surface area contributed by atoms with Crippen molar-refractivity contribution < 1.29 is 19.5 Å². The van der Waals surface area contributed by atoms with Crippen LogP contribution in [0, 0.1) is 0 Å². The number of carboxylic acid groups (broad SMARTS) is 1. The molecule has 82 valence electrons. The number of hydrogen-bond donors (Lipinski definition) is 3. The van der Waals surface area contributed by atoms with Gasteiger partial charge in [-0.05, 0) is 0 Å². The summed E-state index contributed by atoms with van der Waals surface area (Å²) in [5.74, 6) is -1.23. The van der Waals surface area contributed by atoms with Crippen LogP contribution in [0.4, 0.5) is 9.59 Å². The second-order valence-electron chi connectivity index (χ2n) is 3.31. The molecule has 2 aliphatic rings. The molecule has 0 radical (unpaired) electrons. The maximum Gasteiger partial charge on any atom is 0.320 e. The van der Waals surface area contributed by atoms with Gasteiger partial charge in [0.15, 0.2) is 0 Å². The first-order valence-electron chi connectivity index (χ1n) is 4.42. The first-order valence-corrected chi connectivity index (χ1v) is 4.42. The third-order valence-electron chi connectivity index (χ3n) is 2.31. The Kier molecular flexibility index (Phi) is 2.10. The summed E-state index contributed by atoms with van der Waals surface area (Å²) in [6.45, 7) is 0.0112. The van der Waals surface area contributed by atoms with Gasteiger partial charge < -0.3 is 30.8 Å². The van der Waals surface area contributed by atoms with Gasteiger partial charge in [-0.25, -0.2) is 9.59 Å². The van der Waals surface area contributed by atoms with E-state index in [1.54, 1.807) is 0 Å². The van der Waals surface area contributed by atoms with Crippen molar-refractivity contribution >= 4 is 18.0 Å². The van der Waals surface area contributed by atoms with Crippen molar-refractivity contribution in [3.05, 3.63) is 0 Å². The highest BCUT2D eigenvalue weighted by Gasteiger charge is 2.44. The summed E-state index contributed by atoms with van der Waals surface area (Å²) in [5, 5.41) is 17.7. The highest BCUT2D eigenvalue weighted by atomic mass is 16.4. The molecule has 0 bridgehead atoms. The summed E-state index contributed by atoms with van der Waals surface area (Å²) >= 11 is 0. The predicted octanol–water partition coefficient (Wildman–Crippen LogP) is -2.88. The molecule has 0 saturated carbocycles. The Hall–Kier alpha value is -1.99. The van der Waals surface area contributed by atoms with E-state index < -0.39 is 24.3 Å². The topological polar surface area (TPSA) is 114 Å². The van der Waals surface area contributed by atoms with Gasteiger partial charge in [0.2, 0.25) is 0 Å². The minimum Gasteiger partial charge on any atom is -0.550 e. The number of carboxylic acids is 1. The number of carbonyl (C=O) groups excluding carboxylic acids is 3.